The molecule has 31 heavy (non-hydrogen) atoms. The van der Waals surface area contributed by atoms with Crippen LogP contribution in [0.2, 0.25) is 0 Å². The number of thiazole rings is 1. The summed E-state index contributed by atoms with van der Waals surface area (Å²) in [7, 11) is -3.27. The predicted octanol–water partition coefficient (Wildman–Crippen LogP) is 4.08. The fourth-order valence-corrected chi connectivity index (χ4v) is 6.41. The zero-order chi connectivity index (χ0) is 21.7. The number of sulfonamides is 1. The van der Waals surface area contributed by atoms with Gasteiger partial charge in [0.1, 0.15) is 0 Å². The first-order valence-corrected chi connectivity index (χ1v) is 13.1. The lowest BCUT2D eigenvalue weighted by molar-refractivity contribution is -0.118. The van der Waals surface area contributed by atoms with E-state index < -0.39 is 10.0 Å². The fourth-order valence-electron chi connectivity index (χ4n) is 3.82. The lowest BCUT2D eigenvalue weighted by Gasteiger charge is -2.20. The molecule has 1 aliphatic heterocycles. The summed E-state index contributed by atoms with van der Waals surface area (Å²) in [4.78, 5) is 19.5. The van der Waals surface area contributed by atoms with Crippen molar-refractivity contribution in [1.82, 2.24) is 9.29 Å². The molecule has 0 aliphatic carbocycles. The van der Waals surface area contributed by atoms with E-state index in [9.17, 15) is 13.2 Å². The largest absolute Gasteiger partial charge is 0.288 e. The molecule has 0 saturated carbocycles. The minimum Gasteiger partial charge on any atom is -0.288 e. The number of aromatic nitrogens is 1. The summed E-state index contributed by atoms with van der Waals surface area (Å²) in [5.41, 5.74) is 2.02. The number of hydrogen-bond acceptors (Lipinski definition) is 5. The summed E-state index contributed by atoms with van der Waals surface area (Å²) >= 11 is 1.50. The summed E-state index contributed by atoms with van der Waals surface area (Å²) < 4.78 is 27.5. The third-order valence-corrected chi connectivity index (χ3v) is 8.55. The van der Waals surface area contributed by atoms with Gasteiger partial charge in [-0.3, -0.25) is 9.69 Å². The lowest BCUT2D eigenvalue weighted by atomic mass is 10.1. The van der Waals surface area contributed by atoms with Crippen molar-refractivity contribution in [2.45, 2.75) is 32.1 Å². The molecule has 1 aromatic heterocycles. The average molecular weight is 458 g/mol. The van der Waals surface area contributed by atoms with Crippen LogP contribution in [0.5, 0.6) is 0 Å². The Kier molecular flexibility index (Phi) is 6.99. The van der Waals surface area contributed by atoms with Gasteiger partial charge in [0.25, 0.3) is 0 Å². The molecule has 0 radical (unpaired) electrons. The minimum absolute atomic E-state index is 0.0190. The molecule has 1 amide bonds. The molecule has 164 valence electrons. The van der Waals surface area contributed by atoms with Crippen LogP contribution in [-0.4, -0.2) is 49.0 Å². The normalized spacial score (nSPS) is 14.8. The molecular formula is C23H27N3O3S2. The third-order valence-electron chi connectivity index (χ3n) is 5.53. The number of carbonyl (C=O) groups is 1. The highest BCUT2D eigenvalue weighted by Crippen LogP contribution is 2.29. The molecule has 3 aromatic rings. The number of nitrogens with zero attached hydrogens (tertiary/aromatic N) is 3. The van der Waals surface area contributed by atoms with Crippen LogP contribution in [0.4, 0.5) is 5.13 Å². The maximum Gasteiger partial charge on any atom is 0.228 e. The van der Waals surface area contributed by atoms with Crippen molar-refractivity contribution in [3.63, 3.8) is 0 Å². The minimum atomic E-state index is -3.27. The molecule has 2 heterocycles. The molecule has 2 aromatic carbocycles. The maximum atomic E-state index is 13.1. The summed E-state index contributed by atoms with van der Waals surface area (Å²) in [6.07, 6.45) is 3.07. The quantitative estimate of drug-likeness (QED) is 0.485. The molecule has 1 aliphatic rings. The first kappa shape index (κ1) is 21.9. The van der Waals surface area contributed by atoms with Gasteiger partial charge < -0.3 is 0 Å². The van der Waals surface area contributed by atoms with Crippen LogP contribution in [0.1, 0.15) is 31.2 Å². The highest BCUT2D eigenvalue weighted by molar-refractivity contribution is 7.89. The Hall–Kier alpha value is -2.29. The van der Waals surface area contributed by atoms with Crippen LogP contribution in [-0.2, 0) is 21.2 Å². The van der Waals surface area contributed by atoms with Crippen molar-refractivity contribution in [2.75, 3.05) is 30.3 Å². The highest BCUT2D eigenvalue weighted by atomic mass is 32.2. The maximum absolute atomic E-state index is 13.1. The van der Waals surface area contributed by atoms with Gasteiger partial charge in [-0.2, -0.15) is 0 Å². The zero-order valence-corrected chi connectivity index (χ0v) is 19.1. The van der Waals surface area contributed by atoms with Crippen molar-refractivity contribution in [2.24, 2.45) is 0 Å². The Bertz CT molecular complexity index is 1090. The van der Waals surface area contributed by atoms with E-state index in [1.165, 1.54) is 11.3 Å². The first-order chi connectivity index (χ1) is 15.0. The van der Waals surface area contributed by atoms with Crippen LogP contribution in [0, 0.1) is 0 Å². The van der Waals surface area contributed by atoms with Gasteiger partial charge in [-0.25, -0.2) is 17.7 Å². The van der Waals surface area contributed by atoms with Gasteiger partial charge in [-0.15, -0.1) is 0 Å². The van der Waals surface area contributed by atoms with Crippen molar-refractivity contribution in [3.8, 4) is 0 Å². The molecule has 0 unspecified atom stereocenters. The second kappa shape index (κ2) is 9.89. The van der Waals surface area contributed by atoms with E-state index >= 15 is 0 Å². The molecule has 1 saturated heterocycles. The molecular weight excluding hydrogens is 430 g/mol. The first-order valence-electron chi connectivity index (χ1n) is 10.7. The molecule has 0 spiro atoms. The van der Waals surface area contributed by atoms with Crippen LogP contribution >= 0.6 is 11.3 Å². The van der Waals surface area contributed by atoms with E-state index in [1.54, 1.807) is 9.21 Å². The molecule has 0 N–H and O–H groups in total. The van der Waals surface area contributed by atoms with E-state index in [1.807, 2.05) is 54.6 Å². The molecule has 1 fully saturated rings. The van der Waals surface area contributed by atoms with Gasteiger partial charge in [0.05, 0.1) is 16.0 Å². The van der Waals surface area contributed by atoms with Crippen LogP contribution < -0.4 is 4.90 Å². The van der Waals surface area contributed by atoms with Gasteiger partial charge >= 0.3 is 0 Å². The molecule has 0 bridgehead atoms. The van der Waals surface area contributed by atoms with E-state index in [0.29, 0.717) is 37.6 Å². The predicted molar refractivity (Wildman–Crippen MR) is 126 cm³/mol. The molecule has 8 heteroatoms. The second-order valence-electron chi connectivity index (χ2n) is 7.77. The summed E-state index contributed by atoms with van der Waals surface area (Å²) in [6.45, 7) is 1.72. The fraction of sp³-hybridized carbons (Fsp3) is 0.391. The van der Waals surface area contributed by atoms with Crippen LogP contribution in [0.3, 0.4) is 0 Å². The van der Waals surface area contributed by atoms with Crippen molar-refractivity contribution < 1.29 is 13.2 Å². The topological polar surface area (TPSA) is 70.6 Å². The van der Waals surface area contributed by atoms with Gasteiger partial charge in [0.15, 0.2) is 5.13 Å². The Balaban J connectivity index is 1.45. The van der Waals surface area contributed by atoms with E-state index in [4.69, 9.17) is 0 Å². The SMILES string of the molecule is O=C(CCCS(=O)(=O)N1CCCC1)N(CCc1ccccc1)c1nc2ccccc2s1. The highest BCUT2D eigenvalue weighted by Gasteiger charge is 2.26. The number of fused-ring (bicyclic) bond motifs is 1. The van der Waals surface area contributed by atoms with Crippen molar-refractivity contribution in [3.05, 3.63) is 60.2 Å². The van der Waals surface area contributed by atoms with E-state index in [0.717, 1.165) is 28.6 Å². The van der Waals surface area contributed by atoms with Crippen LogP contribution in [0.15, 0.2) is 54.6 Å². The second-order valence-corrected chi connectivity index (χ2v) is 10.9. The van der Waals surface area contributed by atoms with E-state index in [2.05, 4.69) is 4.98 Å². The zero-order valence-electron chi connectivity index (χ0n) is 17.4. The number of rotatable bonds is 9. The Morgan fingerprint density at radius 3 is 2.48 bits per heavy atom. The number of hydrogen-bond donors (Lipinski definition) is 0. The van der Waals surface area contributed by atoms with Crippen molar-refractivity contribution >= 4 is 42.6 Å². The van der Waals surface area contributed by atoms with Gasteiger partial charge in [-0.1, -0.05) is 53.8 Å². The van der Waals surface area contributed by atoms with Gasteiger partial charge in [-0.05, 0) is 43.4 Å². The summed E-state index contributed by atoms with van der Waals surface area (Å²) in [6, 6.07) is 17.9. The standard InChI is InChI=1S/C23H27N3O3S2/c27-22(13-8-18-31(28,29)25-15-6-7-16-25)26(17-14-19-9-2-1-3-10-19)23-24-20-11-4-5-12-21(20)30-23/h1-5,9-12H,6-8,13-18H2. The van der Waals surface area contributed by atoms with E-state index in [-0.39, 0.29) is 18.1 Å². The lowest BCUT2D eigenvalue weighted by Crippen LogP contribution is -2.34. The van der Waals surface area contributed by atoms with Crippen LogP contribution in [0.25, 0.3) is 10.2 Å². The molecule has 0 atom stereocenters. The number of carbonyl (C=O) groups excluding carboxylic acids is 1. The Labute approximate surface area is 187 Å². The number of benzene rings is 2. The Morgan fingerprint density at radius 1 is 1.03 bits per heavy atom. The summed E-state index contributed by atoms with van der Waals surface area (Å²) in [5, 5.41) is 0.671. The average Bonchev–Trinajstić information content (AvgIpc) is 3.45. The van der Waals surface area contributed by atoms with Gasteiger partial charge in [0.2, 0.25) is 15.9 Å². The molecule has 4 rings (SSSR count). The monoisotopic (exact) mass is 457 g/mol. The summed E-state index contributed by atoms with van der Waals surface area (Å²) in [5.74, 6) is -0.0583. The van der Waals surface area contributed by atoms with Crippen molar-refractivity contribution in [1.29, 1.82) is 0 Å². The molecule has 6 nitrogen and oxygen atoms in total. The number of para-hydroxylation sites is 1. The third kappa shape index (κ3) is 5.50. The number of anilines is 1. The van der Waals surface area contributed by atoms with Gasteiger partial charge in [0, 0.05) is 26.1 Å². The smallest absolute Gasteiger partial charge is 0.228 e. The Morgan fingerprint density at radius 2 is 1.74 bits per heavy atom. The number of amides is 1.